The molecular formula is C25H33N3O3S. The summed E-state index contributed by atoms with van der Waals surface area (Å²) in [6.07, 6.45) is 7.45. The van der Waals surface area contributed by atoms with E-state index in [2.05, 4.69) is 9.88 Å². The van der Waals surface area contributed by atoms with Crippen LogP contribution in [0.4, 0.5) is 0 Å². The number of aryl methyl sites for hydroxylation is 1. The minimum absolute atomic E-state index is 0.101. The number of esters is 1. The van der Waals surface area contributed by atoms with Crippen LogP contribution in [-0.2, 0) is 4.74 Å². The maximum Gasteiger partial charge on any atom is 0.338 e. The molecule has 0 bridgehead atoms. The predicted octanol–water partition coefficient (Wildman–Crippen LogP) is 4.78. The molecule has 2 aliphatic heterocycles. The predicted molar refractivity (Wildman–Crippen MR) is 127 cm³/mol. The minimum atomic E-state index is -0.325. The summed E-state index contributed by atoms with van der Waals surface area (Å²) in [5, 5.41) is 0.806. The van der Waals surface area contributed by atoms with E-state index in [9.17, 15) is 9.59 Å². The molecule has 172 valence electrons. The van der Waals surface area contributed by atoms with Gasteiger partial charge in [-0.1, -0.05) is 25.0 Å². The van der Waals surface area contributed by atoms with Gasteiger partial charge in [-0.25, -0.2) is 9.78 Å². The Bertz CT molecular complexity index is 924. The number of rotatable bonds is 5. The highest BCUT2D eigenvalue weighted by Gasteiger charge is 2.29. The molecule has 0 saturated carbocycles. The summed E-state index contributed by atoms with van der Waals surface area (Å²) in [6.45, 7) is 8.12. The fourth-order valence-corrected chi connectivity index (χ4v) is 5.76. The van der Waals surface area contributed by atoms with E-state index in [1.165, 1.54) is 50.1 Å². The minimum Gasteiger partial charge on any atom is -0.462 e. The number of benzene rings is 1. The number of amides is 1. The van der Waals surface area contributed by atoms with E-state index in [1.807, 2.05) is 24.0 Å². The van der Waals surface area contributed by atoms with Crippen LogP contribution in [0.3, 0.4) is 0 Å². The molecule has 2 saturated heterocycles. The first kappa shape index (κ1) is 22.9. The Balaban J connectivity index is 1.39. The van der Waals surface area contributed by atoms with Gasteiger partial charge < -0.3 is 14.5 Å². The molecule has 0 unspecified atom stereocenters. The molecule has 7 heteroatoms. The van der Waals surface area contributed by atoms with Crippen molar-refractivity contribution in [1.82, 2.24) is 14.8 Å². The molecule has 1 aromatic heterocycles. The van der Waals surface area contributed by atoms with E-state index < -0.39 is 0 Å². The number of carbonyl (C=O) groups excluding carboxylic acids is 2. The highest BCUT2D eigenvalue weighted by molar-refractivity contribution is 7.17. The zero-order valence-corrected chi connectivity index (χ0v) is 20.0. The number of thiazole rings is 1. The third kappa shape index (κ3) is 5.21. The van der Waals surface area contributed by atoms with Gasteiger partial charge in [0.25, 0.3) is 5.91 Å². The number of nitrogens with zero attached hydrogens (tertiary/aromatic N) is 3. The zero-order valence-electron chi connectivity index (χ0n) is 19.1. The first-order valence-corrected chi connectivity index (χ1v) is 12.7. The molecule has 4 rings (SSSR count). The Kier molecular flexibility index (Phi) is 7.58. The van der Waals surface area contributed by atoms with Gasteiger partial charge in [0.05, 0.1) is 17.9 Å². The van der Waals surface area contributed by atoms with E-state index in [4.69, 9.17) is 4.74 Å². The Morgan fingerprint density at radius 3 is 2.31 bits per heavy atom. The summed E-state index contributed by atoms with van der Waals surface area (Å²) in [4.78, 5) is 35.1. The van der Waals surface area contributed by atoms with Crippen molar-refractivity contribution in [3.05, 3.63) is 40.4 Å². The van der Waals surface area contributed by atoms with Crippen molar-refractivity contribution in [1.29, 1.82) is 0 Å². The second kappa shape index (κ2) is 10.6. The van der Waals surface area contributed by atoms with Crippen LogP contribution >= 0.6 is 11.3 Å². The second-order valence-corrected chi connectivity index (χ2v) is 9.70. The van der Waals surface area contributed by atoms with Crippen molar-refractivity contribution in [2.75, 3.05) is 32.8 Å². The maximum atomic E-state index is 13.2. The summed E-state index contributed by atoms with van der Waals surface area (Å²) in [7, 11) is 0. The Labute approximate surface area is 194 Å². The molecule has 0 radical (unpaired) electrons. The molecule has 2 aromatic rings. The number of carbonyl (C=O) groups is 2. The number of piperidine rings is 1. The smallest absolute Gasteiger partial charge is 0.338 e. The number of likely N-dealkylation sites (tertiary alicyclic amines) is 2. The number of hydrogen-bond acceptors (Lipinski definition) is 6. The highest BCUT2D eigenvalue weighted by atomic mass is 32.1. The van der Waals surface area contributed by atoms with Crippen molar-refractivity contribution in [3.8, 4) is 10.6 Å². The number of aromatic nitrogens is 1. The van der Waals surface area contributed by atoms with Gasteiger partial charge >= 0.3 is 5.97 Å². The summed E-state index contributed by atoms with van der Waals surface area (Å²) in [5.41, 5.74) is 2.21. The molecular weight excluding hydrogens is 422 g/mol. The lowest BCUT2D eigenvalue weighted by atomic mass is 10.0. The normalized spacial score (nSPS) is 18.4. The van der Waals surface area contributed by atoms with E-state index in [1.54, 1.807) is 19.1 Å². The van der Waals surface area contributed by atoms with Crippen LogP contribution in [0.5, 0.6) is 0 Å². The summed E-state index contributed by atoms with van der Waals surface area (Å²) >= 11 is 1.44. The van der Waals surface area contributed by atoms with E-state index in [-0.39, 0.29) is 11.9 Å². The van der Waals surface area contributed by atoms with Crippen molar-refractivity contribution in [3.63, 3.8) is 0 Å². The third-order valence-corrected chi connectivity index (χ3v) is 7.74. The van der Waals surface area contributed by atoms with Crippen LogP contribution in [0.25, 0.3) is 10.6 Å². The molecule has 1 aromatic carbocycles. The number of ether oxygens (including phenoxy) is 1. The van der Waals surface area contributed by atoms with Crippen LogP contribution in [0.1, 0.15) is 71.2 Å². The van der Waals surface area contributed by atoms with Gasteiger partial charge in [-0.3, -0.25) is 4.79 Å². The average molecular weight is 456 g/mol. The van der Waals surface area contributed by atoms with Crippen molar-refractivity contribution in [2.24, 2.45) is 0 Å². The zero-order chi connectivity index (χ0) is 22.5. The van der Waals surface area contributed by atoms with Gasteiger partial charge in [0, 0.05) is 24.7 Å². The van der Waals surface area contributed by atoms with Crippen LogP contribution in [0.15, 0.2) is 24.3 Å². The fourth-order valence-electron chi connectivity index (χ4n) is 4.72. The first-order valence-electron chi connectivity index (χ1n) is 11.8. The molecule has 32 heavy (non-hydrogen) atoms. The Hall–Kier alpha value is -2.25. The molecule has 0 aliphatic carbocycles. The molecule has 2 aliphatic rings. The largest absolute Gasteiger partial charge is 0.462 e. The van der Waals surface area contributed by atoms with Gasteiger partial charge in [0.15, 0.2) is 0 Å². The monoisotopic (exact) mass is 455 g/mol. The van der Waals surface area contributed by atoms with Gasteiger partial charge in [0.2, 0.25) is 0 Å². The standard InChI is InChI=1S/C25H33N3O3S/c1-3-31-25(30)20-10-8-19(9-11-20)23-26-18(2)22(32-23)24(29)28-16-12-21(13-17-28)27-14-6-4-5-7-15-27/h8-11,21H,3-7,12-17H2,1-2H3. The molecule has 1 amide bonds. The lowest BCUT2D eigenvalue weighted by Crippen LogP contribution is -2.47. The van der Waals surface area contributed by atoms with Gasteiger partial charge in [-0.15, -0.1) is 11.3 Å². The second-order valence-electron chi connectivity index (χ2n) is 8.70. The Morgan fingerprint density at radius 2 is 1.69 bits per heavy atom. The van der Waals surface area contributed by atoms with E-state index in [0.29, 0.717) is 18.2 Å². The maximum absolute atomic E-state index is 13.2. The van der Waals surface area contributed by atoms with Crippen molar-refractivity contribution < 1.29 is 14.3 Å². The fraction of sp³-hybridized carbons (Fsp3) is 0.560. The van der Waals surface area contributed by atoms with Crippen LogP contribution in [0, 0.1) is 6.92 Å². The van der Waals surface area contributed by atoms with Crippen LogP contribution < -0.4 is 0 Å². The third-order valence-electron chi connectivity index (χ3n) is 6.54. The summed E-state index contributed by atoms with van der Waals surface area (Å²) in [5.74, 6) is -0.225. The summed E-state index contributed by atoms with van der Waals surface area (Å²) in [6, 6.07) is 7.85. The van der Waals surface area contributed by atoms with Crippen LogP contribution in [0.2, 0.25) is 0 Å². The molecule has 3 heterocycles. The molecule has 0 atom stereocenters. The van der Waals surface area contributed by atoms with Gasteiger partial charge in [0.1, 0.15) is 9.88 Å². The SMILES string of the molecule is CCOC(=O)c1ccc(-c2nc(C)c(C(=O)N3CCC(N4CCCCCC4)CC3)s2)cc1. The molecule has 2 fully saturated rings. The number of hydrogen-bond donors (Lipinski definition) is 0. The van der Waals surface area contributed by atoms with E-state index >= 15 is 0 Å². The summed E-state index contributed by atoms with van der Waals surface area (Å²) < 4.78 is 5.04. The van der Waals surface area contributed by atoms with Crippen molar-refractivity contribution >= 4 is 23.2 Å². The highest BCUT2D eigenvalue weighted by Crippen LogP contribution is 2.30. The molecule has 0 spiro atoms. The van der Waals surface area contributed by atoms with E-state index in [0.717, 1.165) is 47.1 Å². The van der Waals surface area contributed by atoms with Crippen LogP contribution in [-0.4, -0.2) is 65.5 Å². The lowest BCUT2D eigenvalue weighted by molar-refractivity contribution is 0.0525. The first-order chi connectivity index (χ1) is 15.6. The Morgan fingerprint density at radius 1 is 1.03 bits per heavy atom. The lowest BCUT2D eigenvalue weighted by Gasteiger charge is -2.38. The average Bonchev–Trinajstić information content (AvgIpc) is 3.02. The molecule has 6 nitrogen and oxygen atoms in total. The quantitative estimate of drug-likeness (QED) is 0.608. The van der Waals surface area contributed by atoms with Gasteiger partial charge in [-0.05, 0) is 64.8 Å². The van der Waals surface area contributed by atoms with Crippen molar-refractivity contribution in [2.45, 2.75) is 58.4 Å². The molecule has 0 N–H and O–H groups in total. The topological polar surface area (TPSA) is 62.7 Å². The van der Waals surface area contributed by atoms with Gasteiger partial charge in [-0.2, -0.15) is 0 Å².